The Morgan fingerprint density at radius 2 is 1.33 bits per heavy atom. The predicted molar refractivity (Wildman–Crippen MR) is 96.6 cm³/mol. The Kier molecular flexibility index (Phi) is 7.96. The van der Waals surface area contributed by atoms with E-state index in [0.29, 0.717) is 13.2 Å². The zero-order chi connectivity index (χ0) is 17.2. The van der Waals surface area contributed by atoms with Crippen molar-refractivity contribution < 1.29 is 14.6 Å². The minimum absolute atomic E-state index is 0.0226. The van der Waals surface area contributed by atoms with E-state index in [0.717, 1.165) is 17.5 Å². The lowest BCUT2D eigenvalue weighted by atomic mass is 9.98. The second-order valence-corrected chi connectivity index (χ2v) is 6.16. The third kappa shape index (κ3) is 5.75. The smallest absolute Gasteiger partial charge is 0.0888 e. The SMILES string of the molecule is CC[C@H](OCc1ccccc1)[C@H](OCc1ccccc1)[C@H](C)CO. The van der Waals surface area contributed by atoms with Gasteiger partial charge in [-0.3, -0.25) is 0 Å². The third-order valence-corrected chi connectivity index (χ3v) is 4.21. The van der Waals surface area contributed by atoms with Gasteiger partial charge in [-0.05, 0) is 17.5 Å². The van der Waals surface area contributed by atoms with Crippen LogP contribution in [-0.2, 0) is 22.7 Å². The molecule has 0 spiro atoms. The van der Waals surface area contributed by atoms with Gasteiger partial charge in [-0.25, -0.2) is 0 Å². The zero-order valence-electron chi connectivity index (χ0n) is 14.6. The Hall–Kier alpha value is -1.68. The first-order chi connectivity index (χ1) is 11.7. The summed E-state index contributed by atoms with van der Waals surface area (Å²) in [4.78, 5) is 0. The van der Waals surface area contributed by atoms with Crippen LogP contribution >= 0.6 is 0 Å². The molecule has 0 aliphatic heterocycles. The molecule has 0 bridgehead atoms. The lowest BCUT2D eigenvalue weighted by Crippen LogP contribution is -2.38. The van der Waals surface area contributed by atoms with E-state index in [9.17, 15) is 5.11 Å². The van der Waals surface area contributed by atoms with Crippen molar-refractivity contribution >= 4 is 0 Å². The summed E-state index contributed by atoms with van der Waals surface area (Å²) in [6, 6.07) is 20.2. The fourth-order valence-electron chi connectivity index (χ4n) is 2.73. The fraction of sp³-hybridized carbons (Fsp3) is 0.429. The minimum Gasteiger partial charge on any atom is -0.396 e. The van der Waals surface area contributed by atoms with E-state index in [1.165, 1.54) is 0 Å². The highest BCUT2D eigenvalue weighted by molar-refractivity contribution is 5.14. The van der Waals surface area contributed by atoms with Crippen molar-refractivity contribution in [3.8, 4) is 0 Å². The molecule has 0 saturated carbocycles. The molecule has 3 atom stereocenters. The van der Waals surface area contributed by atoms with Crippen LogP contribution in [0.15, 0.2) is 60.7 Å². The van der Waals surface area contributed by atoms with Crippen molar-refractivity contribution in [3.63, 3.8) is 0 Å². The highest BCUT2D eigenvalue weighted by Crippen LogP contribution is 2.20. The monoisotopic (exact) mass is 328 g/mol. The predicted octanol–water partition coefficient (Wildman–Crippen LogP) is 4.20. The van der Waals surface area contributed by atoms with Crippen molar-refractivity contribution in [2.24, 2.45) is 5.92 Å². The molecular formula is C21H28O3. The molecule has 0 radical (unpaired) electrons. The first-order valence-corrected chi connectivity index (χ1v) is 8.66. The number of aliphatic hydroxyl groups excluding tert-OH is 1. The molecule has 0 aliphatic rings. The minimum atomic E-state index is -0.135. The summed E-state index contributed by atoms with van der Waals surface area (Å²) in [5.41, 5.74) is 2.28. The maximum atomic E-state index is 9.60. The van der Waals surface area contributed by atoms with Crippen LogP contribution in [-0.4, -0.2) is 23.9 Å². The molecule has 0 aliphatic carbocycles. The van der Waals surface area contributed by atoms with Crippen LogP contribution in [0.25, 0.3) is 0 Å². The van der Waals surface area contributed by atoms with Gasteiger partial charge < -0.3 is 14.6 Å². The van der Waals surface area contributed by atoms with Crippen LogP contribution < -0.4 is 0 Å². The van der Waals surface area contributed by atoms with Gasteiger partial charge in [0.1, 0.15) is 0 Å². The molecule has 0 aromatic heterocycles. The molecule has 3 heteroatoms. The average molecular weight is 328 g/mol. The molecule has 24 heavy (non-hydrogen) atoms. The Bertz CT molecular complexity index is 556. The second-order valence-electron chi connectivity index (χ2n) is 6.16. The summed E-state index contributed by atoms with van der Waals surface area (Å²) in [5.74, 6) is 0.0226. The number of hydrogen-bond donors (Lipinski definition) is 1. The van der Waals surface area contributed by atoms with Crippen molar-refractivity contribution in [2.75, 3.05) is 6.61 Å². The number of hydrogen-bond acceptors (Lipinski definition) is 3. The zero-order valence-corrected chi connectivity index (χ0v) is 14.6. The van der Waals surface area contributed by atoms with Crippen molar-refractivity contribution in [1.29, 1.82) is 0 Å². The van der Waals surface area contributed by atoms with Crippen molar-refractivity contribution in [1.82, 2.24) is 0 Å². The van der Waals surface area contributed by atoms with Crippen LogP contribution in [0.2, 0.25) is 0 Å². The molecule has 0 saturated heterocycles. The standard InChI is InChI=1S/C21H28O3/c1-3-20(23-15-18-10-6-4-7-11-18)21(17(2)14-22)24-16-19-12-8-5-9-13-19/h4-13,17,20-22H,3,14-16H2,1-2H3/t17-,20+,21-/m1/s1. The molecule has 130 valence electrons. The van der Waals surface area contributed by atoms with Crippen LogP contribution in [0.1, 0.15) is 31.4 Å². The maximum absolute atomic E-state index is 9.60. The lowest BCUT2D eigenvalue weighted by molar-refractivity contribution is -0.114. The molecule has 3 nitrogen and oxygen atoms in total. The summed E-state index contributed by atoms with van der Waals surface area (Å²) >= 11 is 0. The summed E-state index contributed by atoms with van der Waals surface area (Å²) in [6.07, 6.45) is 0.663. The quantitative estimate of drug-likeness (QED) is 0.710. The Labute approximate surface area is 145 Å². The van der Waals surface area contributed by atoms with Gasteiger partial charge in [0.15, 0.2) is 0 Å². The normalized spacial score (nSPS) is 15.0. The van der Waals surface area contributed by atoms with E-state index in [1.807, 2.05) is 55.5 Å². The topological polar surface area (TPSA) is 38.7 Å². The van der Waals surface area contributed by atoms with Gasteiger partial charge in [0.25, 0.3) is 0 Å². The Morgan fingerprint density at radius 3 is 1.79 bits per heavy atom. The van der Waals surface area contributed by atoms with Crippen molar-refractivity contribution in [3.05, 3.63) is 71.8 Å². The van der Waals surface area contributed by atoms with Gasteiger partial charge >= 0.3 is 0 Å². The first-order valence-electron chi connectivity index (χ1n) is 8.66. The number of benzene rings is 2. The first kappa shape index (κ1) is 18.7. The molecule has 2 rings (SSSR count). The van der Waals surface area contributed by atoms with E-state index in [1.54, 1.807) is 0 Å². The van der Waals surface area contributed by atoms with E-state index in [-0.39, 0.29) is 24.7 Å². The van der Waals surface area contributed by atoms with Crippen LogP contribution in [0, 0.1) is 5.92 Å². The van der Waals surface area contributed by atoms with E-state index >= 15 is 0 Å². The molecule has 1 N–H and O–H groups in total. The molecule has 2 aromatic carbocycles. The van der Waals surface area contributed by atoms with Crippen LogP contribution in [0.5, 0.6) is 0 Å². The van der Waals surface area contributed by atoms with Crippen LogP contribution in [0.3, 0.4) is 0 Å². The molecule has 0 unspecified atom stereocenters. The van der Waals surface area contributed by atoms with E-state index < -0.39 is 0 Å². The second kappa shape index (κ2) is 10.2. The highest BCUT2D eigenvalue weighted by Gasteiger charge is 2.27. The molecule has 0 fully saturated rings. The largest absolute Gasteiger partial charge is 0.396 e. The third-order valence-electron chi connectivity index (χ3n) is 4.21. The summed E-state index contributed by atoms with van der Waals surface area (Å²) in [7, 11) is 0. The van der Waals surface area contributed by atoms with Gasteiger partial charge in [-0.1, -0.05) is 74.5 Å². The van der Waals surface area contributed by atoms with E-state index in [4.69, 9.17) is 9.47 Å². The maximum Gasteiger partial charge on any atom is 0.0888 e. The molecule has 0 heterocycles. The fourth-order valence-corrected chi connectivity index (χ4v) is 2.73. The van der Waals surface area contributed by atoms with Gasteiger partial charge in [-0.15, -0.1) is 0 Å². The Morgan fingerprint density at radius 1 is 0.833 bits per heavy atom. The summed E-state index contributed by atoms with van der Waals surface area (Å²) in [6.45, 7) is 5.28. The van der Waals surface area contributed by atoms with E-state index in [2.05, 4.69) is 19.1 Å². The summed E-state index contributed by atoms with van der Waals surface area (Å²) < 4.78 is 12.3. The van der Waals surface area contributed by atoms with Gasteiger partial charge in [-0.2, -0.15) is 0 Å². The van der Waals surface area contributed by atoms with Gasteiger partial charge in [0, 0.05) is 12.5 Å². The van der Waals surface area contributed by atoms with Gasteiger partial charge in [0.05, 0.1) is 25.4 Å². The molecule has 0 amide bonds. The molecular weight excluding hydrogens is 300 g/mol. The van der Waals surface area contributed by atoms with Gasteiger partial charge in [0.2, 0.25) is 0 Å². The number of rotatable bonds is 10. The van der Waals surface area contributed by atoms with Crippen LogP contribution in [0.4, 0.5) is 0 Å². The number of aliphatic hydroxyl groups is 1. The molecule has 2 aromatic rings. The average Bonchev–Trinajstić information content (AvgIpc) is 2.65. The number of ether oxygens (including phenoxy) is 2. The van der Waals surface area contributed by atoms with Crippen molar-refractivity contribution in [2.45, 2.75) is 45.7 Å². The highest BCUT2D eigenvalue weighted by atomic mass is 16.5. The Balaban J connectivity index is 1.97. The lowest BCUT2D eigenvalue weighted by Gasteiger charge is -2.30. The summed E-state index contributed by atoms with van der Waals surface area (Å²) in [5, 5.41) is 9.60.